The maximum atomic E-state index is 12.9. The zero-order valence-corrected chi connectivity index (χ0v) is 8.31. The lowest BCUT2D eigenvalue weighted by Crippen LogP contribution is -2.04. The largest absolute Gasteiger partial charge is 0.478 e. The van der Waals surface area contributed by atoms with Crippen LogP contribution in [0.4, 0.5) is 10.1 Å². The van der Waals surface area contributed by atoms with Crippen molar-refractivity contribution in [2.75, 3.05) is 5.43 Å². The molecule has 1 rings (SSSR count). The van der Waals surface area contributed by atoms with Crippen molar-refractivity contribution in [2.45, 2.75) is 0 Å². The van der Waals surface area contributed by atoms with Crippen LogP contribution in [0.25, 0.3) is 0 Å². The van der Waals surface area contributed by atoms with E-state index in [2.05, 4.69) is 10.5 Å². The summed E-state index contributed by atoms with van der Waals surface area (Å²) in [6.07, 6.45) is 0. The molecule has 6 nitrogen and oxygen atoms in total. The van der Waals surface area contributed by atoms with Gasteiger partial charge in [0.05, 0.1) is 11.3 Å². The Morgan fingerprint density at radius 3 is 2.59 bits per heavy atom. The molecule has 0 fully saturated rings. The third-order valence-corrected chi connectivity index (χ3v) is 1.71. The van der Waals surface area contributed by atoms with E-state index in [1.165, 1.54) is 12.1 Å². The zero-order chi connectivity index (χ0) is 12.8. The van der Waals surface area contributed by atoms with Gasteiger partial charge in [-0.3, -0.25) is 5.43 Å². The maximum absolute atomic E-state index is 12.9. The summed E-state index contributed by atoms with van der Waals surface area (Å²) in [5, 5.41) is 28.9. The Bertz CT molecular complexity index is 553. The van der Waals surface area contributed by atoms with E-state index < -0.39 is 17.5 Å². The molecule has 0 amide bonds. The Morgan fingerprint density at radius 1 is 1.41 bits per heavy atom. The second kappa shape index (κ2) is 5.24. The number of hydrogen-bond donors (Lipinski definition) is 2. The second-order valence-corrected chi connectivity index (χ2v) is 2.79. The van der Waals surface area contributed by atoms with Gasteiger partial charge >= 0.3 is 5.97 Å². The number of halogens is 1. The molecule has 0 spiro atoms. The van der Waals surface area contributed by atoms with Gasteiger partial charge in [0.2, 0.25) is 5.71 Å². The fourth-order valence-corrected chi connectivity index (χ4v) is 0.987. The summed E-state index contributed by atoms with van der Waals surface area (Å²) < 4.78 is 12.9. The van der Waals surface area contributed by atoms with Gasteiger partial charge < -0.3 is 5.11 Å². The molecular weight excluding hydrogens is 227 g/mol. The average Bonchev–Trinajstić information content (AvgIpc) is 2.30. The molecule has 0 radical (unpaired) electrons. The highest BCUT2D eigenvalue weighted by Gasteiger charge is 2.10. The smallest absolute Gasteiger partial charge is 0.337 e. The first-order valence-electron chi connectivity index (χ1n) is 4.25. The monoisotopic (exact) mass is 232 g/mol. The minimum atomic E-state index is -1.28. The molecule has 2 N–H and O–H groups in total. The number of hydrazone groups is 1. The maximum Gasteiger partial charge on any atom is 0.337 e. The number of anilines is 1. The molecule has 0 aliphatic rings. The number of benzene rings is 1. The third kappa shape index (κ3) is 3.01. The normalized spacial score (nSPS) is 8.65. The van der Waals surface area contributed by atoms with Crippen molar-refractivity contribution in [2.24, 2.45) is 5.10 Å². The predicted octanol–water partition coefficient (Wildman–Crippen LogP) is 1.34. The summed E-state index contributed by atoms with van der Waals surface area (Å²) in [5.74, 6) is -1.94. The van der Waals surface area contributed by atoms with E-state index in [0.717, 1.165) is 18.2 Å². The number of hydrogen-bond acceptors (Lipinski definition) is 5. The van der Waals surface area contributed by atoms with Crippen LogP contribution < -0.4 is 5.43 Å². The zero-order valence-electron chi connectivity index (χ0n) is 8.31. The molecule has 0 aliphatic carbocycles. The third-order valence-electron chi connectivity index (χ3n) is 1.71. The molecule has 0 unspecified atom stereocenters. The van der Waals surface area contributed by atoms with Crippen LogP contribution >= 0.6 is 0 Å². The minimum Gasteiger partial charge on any atom is -0.478 e. The summed E-state index contributed by atoms with van der Waals surface area (Å²) in [6.45, 7) is 0. The summed E-state index contributed by atoms with van der Waals surface area (Å²) >= 11 is 0. The van der Waals surface area contributed by atoms with E-state index in [-0.39, 0.29) is 11.3 Å². The lowest BCUT2D eigenvalue weighted by molar-refractivity contribution is 0.0698. The van der Waals surface area contributed by atoms with Gasteiger partial charge in [0, 0.05) is 0 Å². The predicted molar refractivity (Wildman–Crippen MR) is 55.6 cm³/mol. The number of nitriles is 2. The van der Waals surface area contributed by atoms with Gasteiger partial charge in [-0.15, -0.1) is 0 Å². The quantitative estimate of drug-likeness (QED) is 0.603. The number of carboxylic acid groups (broad SMARTS) is 1. The van der Waals surface area contributed by atoms with Gasteiger partial charge in [-0.05, 0) is 18.2 Å². The molecule has 84 valence electrons. The van der Waals surface area contributed by atoms with Crippen LogP contribution in [0.3, 0.4) is 0 Å². The first-order valence-corrected chi connectivity index (χ1v) is 4.25. The minimum absolute atomic E-state index is 0.138. The average molecular weight is 232 g/mol. The van der Waals surface area contributed by atoms with Crippen LogP contribution in [0.5, 0.6) is 0 Å². The molecule has 0 aromatic heterocycles. The van der Waals surface area contributed by atoms with E-state index in [1.807, 2.05) is 0 Å². The summed E-state index contributed by atoms with van der Waals surface area (Å²) in [7, 11) is 0. The van der Waals surface area contributed by atoms with E-state index in [9.17, 15) is 9.18 Å². The van der Waals surface area contributed by atoms with Crippen molar-refractivity contribution in [3.63, 3.8) is 0 Å². The molecular formula is C10H5FN4O2. The van der Waals surface area contributed by atoms with Gasteiger partial charge in [-0.1, -0.05) is 0 Å². The van der Waals surface area contributed by atoms with Crippen molar-refractivity contribution in [1.29, 1.82) is 10.5 Å². The van der Waals surface area contributed by atoms with Gasteiger partial charge in [0.25, 0.3) is 0 Å². The lowest BCUT2D eigenvalue weighted by atomic mass is 10.2. The van der Waals surface area contributed by atoms with Crippen LogP contribution in [-0.2, 0) is 0 Å². The molecule has 0 atom stereocenters. The molecule has 0 heterocycles. The molecule has 7 heteroatoms. The topological polar surface area (TPSA) is 109 Å². The Hall–Kier alpha value is -2.93. The highest BCUT2D eigenvalue weighted by atomic mass is 19.1. The van der Waals surface area contributed by atoms with Crippen molar-refractivity contribution >= 4 is 17.4 Å². The highest BCUT2D eigenvalue weighted by molar-refractivity contribution is 6.10. The van der Waals surface area contributed by atoms with Crippen molar-refractivity contribution < 1.29 is 14.3 Å². The number of carbonyl (C=O) groups is 1. The number of rotatable bonds is 3. The summed E-state index contributed by atoms with van der Waals surface area (Å²) in [6, 6.07) is 5.87. The standard InChI is InChI=1S/C10H5FN4O2/c11-6-1-2-8(10(16)17)9(3-6)15-14-7(4-12)5-13/h1-3,15H,(H,16,17). The summed E-state index contributed by atoms with van der Waals surface area (Å²) in [5.41, 5.74) is 1.31. The Labute approximate surface area is 95.2 Å². The van der Waals surface area contributed by atoms with Crippen molar-refractivity contribution in [3.05, 3.63) is 29.6 Å². The summed E-state index contributed by atoms with van der Waals surface area (Å²) in [4.78, 5) is 10.8. The van der Waals surface area contributed by atoms with Crippen LogP contribution in [0.15, 0.2) is 23.3 Å². The number of aromatic carboxylic acids is 1. The Kier molecular flexibility index (Phi) is 3.74. The molecule has 0 aliphatic heterocycles. The van der Waals surface area contributed by atoms with Gasteiger partial charge in [0.15, 0.2) is 0 Å². The first-order chi connectivity index (χ1) is 8.08. The second-order valence-electron chi connectivity index (χ2n) is 2.79. The molecule has 1 aromatic rings. The van der Waals surface area contributed by atoms with E-state index in [4.69, 9.17) is 15.6 Å². The molecule has 0 saturated carbocycles. The van der Waals surface area contributed by atoms with E-state index in [0.29, 0.717) is 0 Å². The molecule has 17 heavy (non-hydrogen) atoms. The van der Waals surface area contributed by atoms with Gasteiger partial charge in [0.1, 0.15) is 18.0 Å². The van der Waals surface area contributed by atoms with Crippen molar-refractivity contribution in [1.82, 2.24) is 0 Å². The fraction of sp³-hybridized carbons (Fsp3) is 0. The van der Waals surface area contributed by atoms with E-state index in [1.54, 1.807) is 0 Å². The SMILES string of the molecule is N#CC(C#N)=NNc1cc(F)ccc1C(=O)O. The molecule has 1 aromatic carbocycles. The molecule has 0 saturated heterocycles. The Morgan fingerprint density at radius 2 is 2.06 bits per heavy atom. The van der Waals surface area contributed by atoms with E-state index >= 15 is 0 Å². The van der Waals surface area contributed by atoms with Gasteiger partial charge in [-0.25, -0.2) is 9.18 Å². The molecule has 0 bridgehead atoms. The van der Waals surface area contributed by atoms with Crippen LogP contribution in [0, 0.1) is 28.5 Å². The first kappa shape index (κ1) is 12.1. The van der Waals surface area contributed by atoms with Crippen LogP contribution in [-0.4, -0.2) is 16.8 Å². The Balaban J connectivity index is 3.11. The van der Waals surface area contributed by atoms with Crippen molar-refractivity contribution in [3.8, 4) is 12.1 Å². The highest BCUT2D eigenvalue weighted by Crippen LogP contribution is 2.17. The number of carboxylic acids is 1. The lowest BCUT2D eigenvalue weighted by Gasteiger charge is -2.04. The van der Waals surface area contributed by atoms with Crippen LogP contribution in [0.2, 0.25) is 0 Å². The van der Waals surface area contributed by atoms with Crippen LogP contribution in [0.1, 0.15) is 10.4 Å². The number of nitrogens with zero attached hydrogens (tertiary/aromatic N) is 3. The van der Waals surface area contributed by atoms with Gasteiger partial charge in [-0.2, -0.15) is 15.6 Å². The number of nitrogens with one attached hydrogen (secondary N) is 1. The fourth-order valence-electron chi connectivity index (χ4n) is 0.987.